The van der Waals surface area contributed by atoms with Crippen molar-refractivity contribution >= 4 is 11.3 Å². The molecule has 4 rings (SSSR count). The van der Waals surface area contributed by atoms with Crippen molar-refractivity contribution < 1.29 is 4.74 Å². The van der Waals surface area contributed by atoms with Crippen molar-refractivity contribution in [3.63, 3.8) is 0 Å². The molecule has 3 aromatic rings. The van der Waals surface area contributed by atoms with Gasteiger partial charge in [-0.3, -0.25) is 9.88 Å². The molecule has 0 radical (unpaired) electrons. The van der Waals surface area contributed by atoms with E-state index in [1.54, 1.807) is 11.3 Å². The third kappa shape index (κ3) is 4.27. The third-order valence-electron chi connectivity index (χ3n) is 4.68. The standard InChI is InChI=1S/C21H22N2OS/c1-2-17(14-22-10-1)15-23-11-7-21(8-12-23)24-20-5-3-18(4-6-20)19-9-13-25-16-19/h1-6,9-10,13-14,16,21H,7-8,11-12,15H2. The van der Waals surface area contributed by atoms with E-state index in [9.17, 15) is 0 Å². The van der Waals surface area contributed by atoms with Crippen LogP contribution >= 0.6 is 11.3 Å². The molecule has 1 aliphatic rings. The molecule has 0 atom stereocenters. The summed E-state index contributed by atoms with van der Waals surface area (Å²) in [6.45, 7) is 3.13. The van der Waals surface area contributed by atoms with Crippen molar-refractivity contribution in [3.05, 3.63) is 71.2 Å². The molecule has 0 saturated carbocycles. The zero-order valence-corrected chi connectivity index (χ0v) is 15.0. The van der Waals surface area contributed by atoms with Gasteiger partial charge in [0.05, 0.1) is 0 Å². The maximum atomic E-state index is 6.19. The minimum Gasteiger partial charge on any atom is -0.490 e. The average molecular weight is 350 g/mol. The molecule has 0 amide bonds. The van der Waals surface area contributed by atoms with E-state index in [0.29, 0.717) is 6.10 Å². The largest absolute Gasteiger partial charge is 0.490 e. The fourth-order valence-corrected chi connectivity index (χ4v) is 3.95. The van der Waals surface area contributed by atoms with Gasteiger partial charge in [0, 0.05) is 32.0 Å². The number of ether oxygens (including phenoxy) is 1. The Morgan fingerprint density at radius 2 is 1.88 bits per heavy atom. The lowest BCUT2D eigenvalue weighted by atomic mass is 10.1. The predicted octanol–water partition coefficient (Wildman–Crippen LogP) is 4.85. The van der Waals surface area contributed by atoms with Crippen molar-refractivity contribution in [1.29, 1.82) is 0 Å². The summed E-state index contributed by atoms with van der Waals surface area (Å²) in [6.07, 6.45) is 6.25. The molecule has 1 aliphatic heterocycles. The summed E-state index contributed by atoms with van der Waals surface area (Å²) in [5, 5.41) is 4.28. The highest BCUT2D eigenvalue weighted by Crippen LogP contribution is 2.26. The molecule has 0 N–H and O–H groups in total. The second-order valence-corrected chi connectivity index (χ2v) is 7.27. The Bertz CT molecular complexity index is 763. The quantitative estimate of drug-likeness (QED) is 0.657. The first-order valence-corrected chi connectivity index (χ1v) is 9.72. The normalized spacial score (nSPS) is 16.0. The van der Waals surface area contributed by atoms with Crippen LogP contribution in [0.15, 0.2) is 65.6 Å². The molecule has 128 valence electrons. The summed E-state index contributed by atoms with van der Waals surface area (Å²) in [7, 11) is 0. The molecule has 0 aliphatic carbocycles. The molecule has 0 unspecified atom stereocenters. The monoisotopic (exact) mass is 350 g/mol. The number of nitrogens with zero attached hydrogens (tertiary/aromatic N) is 2. The molecule has 25 heavy (non-hydrogen) atoms. The Labute approximate surface area is 152 Å². The second-order valence-electron chi connectivity index (χ2n) is 6.49. The Balaban J connectivity index is 1.28. The first-order chi connectivity index (χ1) is 12.4. The Morgan fingerprint density at radius 1 is 1.04 bits per heavy atom. The van der Waals surface area contributed by atoms with Gasteiger partial charge in [0.2, 0.25) is 0 Å². The molecule has 0 spiro atoms. The number of pyridine rings is 1. The van der Waals surface area contributed by atoms with Crippen LogP contribution in [0, 0.1) is 0 Å². The predicted molar refractivity (Wildman–Crippen MR) is 103 cm³/mol. The Morgan fingerprint density at radius 3 is 2.56 bits per heavy atom. The van der Waals surface area contributed by atoms with Crippen molar-refractivity contribution in [2.45, 2.75) is 25.5 Å². The van der Waals surface area contributed by atoms with Crippen LogP contribution in [-0.4, -0.2) is 29.1 Å². The van der Waals surface area contributed by atoms with Crippen LogP contribution < -0.4 is 4.74 Å². The van der Waals surface area contributed by atoms with Gasteiger partial charge in [-0.05, 0) is 64.6 Å². The molecule has 1 saturated heterocycles. The molecule has 3 heterocycles. The summed E-state index contributed by atoms with van der Waals surface area (Å²) in [6, 6.07) is 14.8. The number of likely N-dealkylation sites (tertiary alicyclic amines) is 1. The van der Waals surface area contributed by atoms with Crippen molar-refractivity contribution in [3.8, 4) is 16.9 Å². The summed E-state index contributed by atoms with van der Waals surface area (Å²) in [5.74, 6) is 0.977. The summed E-state index contributed by atoms with van der Waals surface area (Å²) in [4.78, 5) is 6.68. The fraction of sp³-hybridized carbons (Fsp3) is 0.286. The average Bonchev–Trinajstić information content (AvgIpc) is 3.20. The topological polar surface area (TPSA) is 25.4 Å². The fourth-order valence-electron chi connectivity index (χ4n) is 3.28. The van der Waals surface area contributed by atoms with Gasteiger partial charge in [-0.2, -0.15) is 11.3 Å². The number of aromatic nitrogens is 1. The molecule has 1 aromatic carbocycles. The number of thiophene rings is 1. The van der Waals surface area contributed by atoms with Crippen LogP contribution in [0.25, 0.3) is 11.1 Å². The SMILES string of the molecule is c1cncc(CN2CCC(Oc3ccc(-c4ccsc4)cc3)CC2)c1. The van der Waals surface area contributed by atoms with E-state index in [1.807, 2.05) is 18.5 Å². The van der Waals surface area contributed by atoms with Gasteiger partial charge in [0.25, 0.3) is 0 Å². The number of rotatable bonds is 5. The van der Waals surface area contributed by atoms with Crippen molar-refractivity contribution in [1.82, 2.24) is 9.88 Å². The maximum absolute atomic E-state index is 6.19. The highest BCUT2D eigenvalue weighted by molar-refractivity contribution is 7.08. The molecule has 3 nitrogen and oxygen atoms in total. The third-order valence-corrected chi connectivity index (χ3v) is 5.36. The minimum atomic E-state index is 0.317. The van der Waals surface area contributed by atoms with Crippen LogP contribution in [0.2, 0.25) is 0 Å². The number of hydrogen-bond acceptors (Lipinski definition) is 4. The molecule has 4 heteroatoms. The smallest absolute Gasteiger partial charge is 0.119 e. The van der Waals surface area contributed by atoms with Crippen LogP contribution in [0.4, 0.5) is 0 Å². The van der Waals surface area contributed by atoms with E-state index in [-0.39, 0.29) is 0 Å². The zero-order valence-electron chi connectivity index (χ0n) is 14.2. The van der Waals surface area contributed by atoms with Crippen LogP contribution in [0.1, 0.15) is 18.4 Å². The van der Waals surface area contributed by atoms with E-state index in [2.05, 4.69) is 57.0 Å². The first-order valence-electron chi connectivity index (χ1n) is 8.77. The van der Waals surface area contributed by atoms with E-state index >= 15 is 0 Å². The van der Waals surface area contributed by atoms with Gasteiger partial charge in [-0.1, -0.05) is 18.2 Å². The van der Waals surface area contributed by atoms with Crippen LogP contribution in [0.5, 0.6) is 5.75 Å². The zero-order chi connectivity index (χ0) is 16.9. The molecule has 1 fully saturated rings. The number of benzene rings is 1. The molecular weight excluding hydrogens is 328 g/mol. The van der Waals surface area contributed by atoms with Crippen molar-refractivity contribution in [2.24, 2.45) is 0 Å². The lowest BCUT2D eigenvalue weighted by Crippen LogP contribution is -2.37. The van der Waals surface area contributed by atoms with E-state index in [4.69, 9.17) is 4.74 Å². The molecular formula is C21H22N2OS. The summed E-state index contributed by atoms with van der Waals surface area (Å²) >= 11 is 1.73. The lowest BCUT2D eigenvalue weighted by molar-refractivity contribution is 0.0967. The van der Waals surface area contributed by atoms with Gasteiger partial charge >= 0.3 is 0 Å². The van der Waals surface area contributed by atoms with E-state index in [1.165, 1.54) is 16.7 Å². The van der Waals surface area contributed by atoms with Gasteiger partial charge < -0.3 is 4.74 Å². The second kappa shape index (κ2) is 7.81. The summed E-state index contributed by atoms with van der Waals surface area (Å²) in [5.41, 5.74) is 3.81. The Hall–Kier alpha value is -2.17. The van der Waals surface area contributed by atoms with Gasteiger partial charge in [-0.15, -0.1) is 0 Å². The number of piperidine rings is 1. The highest BCUT2D eigenvalue weighted by atomic mass is 32.1. The summed E-state index contributed by atoms with van der Waals surface area (Å²) < 4.78 is 6.19. The van der Waals surface area contributed by atoms with E-state index < -0.39 is 0 Å². The maximum Gasteiger partial charge on any atom is 0.119 e. The van der Waals surface area contributed by atoms with Gasteiger partial charge in [-0.25, -0.2) is 0 Å². The van der Waals surface area contributed by atoms with E-state index in [0.717, 1.165) is 38.2 Å². The van der Waals surface area contributed by atoms with Crippen molar-refractivity contribution in [2.75, 3.05) is 13.1 Å². The molecule has 2 aromatic heterocycles. The van der Waals surface area contributed by atoms with Crippen LogP contribution in [0.3, 0.4) is 0 Å². The van der Waals surface area contributed by atoms with Gasteiger partial charge in [0.15, 0.2) is 0 Å². The minimum absolute atomic E-state index is 0.317. The highest BCUT2D eigenvalue weighted by Gasteiger charge is 2.20. The first kappa shape index (κ1) is 16.3. The van der Waals surface area contributed by atoms with Gasteiger partial charge in [0.1, 0.15) is 11.9 Å². The molecule has 0 bridgehead atoms. The number of hydrogen-bond donors (Lipinski definition) is 0. The Kier molecular flexibility index (Phi) is 5.09. The van der Waals surface area contributed by atoms with Crippen LogP contribution in [-0.2, 0) is 6.54 Å². The lowest BCUT2D eigenvalue weighted by Gasteiger charge is -2.32.